The Hall–Kier alpha value is -1.92. The van der Waals surface area contributed by atoms with Crippen LogP contribution in [0.2, 0.25) is 4.34 Å². The summed E-state index contributed by atoms with van der Waals surface area (Å²) in [4.78, 5) is 12.2. The van der Waals surface area contributed by atoms with Crippen LogP contribution in [0.1, 0.15) is 10.4 Å². The van der Waals surface area contributed by atoms with Crippen LogP contribution < -0.4 is 4.72 Å². The van der Waals surface area contributed by atoms with E-state index in [4.69, 9.17) is 11.6 Å². The highest BCUT2D eigenvalue weighted by atomic mass is 79.9. The molecule has 0 saturated heterocycles. The zero-order valence-corrected chi connectivity index (χ0v) is 20.8. The lowest BCUT2D eigenvalue weighted by molar-refractivity contribution is 0.0600. The molecule has 0 atom stereocenters. The Balaban J connectivity index is 2.15. The van der Waals surface area contributed by atoms with E-state index >= 15 is 0 Å². The van der Waals surface area contributed by atoms with Crippen molar-refractivity contribution < 1.29 is 26.4 Å². The van der Waals surface area contributed by atoms with Crippen molar-refractivity contribution in [1.29, 1.82) is 0 Å². The fourth-order valence-corrected chi connectivity index (χ4v) is 6.46. The summed E-state index contributed by atoms with van der Waals surface area (Å²) in [6.07, 6.45) is 1.03. The number of halogens is 2. The van der Waals surface area contributed by atoms with E-state index in [1.807, 2.05) is 0 Å². The Morgan fingerprint density at radius 1 is 1.06 bits per heavy atom. The van der Waals surface area contributed by atoms with E-state index in [0.717, 1.165) is 6.26 Å². The first-order valence-electron chi connectivity index (χ1n) is 8.43. The summed E-state index contributed by atoms with van der Waals surface area (Å²) in [6, 6.07) is 11.5. The molecule has 0 bridgehead atoms. The van der Waals surface area contributed by atoms with Gasteiger partial charge in [-0.2, -0.15) is 0 Å². The molecule has 1 heterocycles. The summed E-state index contributed by atoms with van der Waals surface area (Å²) in [5, 5.41) is 0. The van der Waals surface area contributed by atoms with Crippen molar-refractivity contribution in [2.24, 2.45) is 0 Å². The smallest absolute Gasteiger partial charge is 0.337 e. The van der Waals surface area contributed by atoms with Crippen LogP contribution in [0.3, 0.4) is 0 Å². The molecule has 0 aliphatic carbocycles. The van der Waals surface area contributed by atoms with Gasteiger partial charge in [0.15, 0.2) is 9.84 Å². The minimum absolute atomic E-state index is 0.0428. The summed E-state index contributed by atoms with van der Waals surface area (Å²) in [6.45, 7) is 0. The molecule has 1 aromatic heterocycles. The molecule has 0 fully saturated rings. The maximum Gasteiger partial charge on any atom is 0.337 e. The third-order valence-electron chi connectivity index (χ3n) is 4.14. The minimum atomic E-state index is -4.22. The molecule has 0 aliphatic heterocycles. The van der Waals surface area contributed by atoms with Crippen LogP contribution in [-0.4, -0.2) is 36.2 Å². The Kier molecular flexibility index (Phi) is 6.82. The Morgan fingerprint density at radius 2 is 1.77 bits per heavy atom. The quantitative estimate of drug-likeness (QED) is 0.430. The number of esters is 1. The normalized spacial score (nSPS) is 11.9. The molecule has 3 aromatic rings. The zero-order chi connectivity index (χ0) is 23.0. The van der Waals surface area contributed by atoms with Gasteiger partial charge in [0.1, 0.15) is 4.90 Å². The largest absolute Gasteiger partial charge is 0.465 e. The predicted molar refractivity (Wildman–Crippen MR) is 124 cm³/mol. The van der Waals surface area contributed by atoms with Crippen molar-refractivity contribution in [3.8, 4) is 10.4 Å². The maximum atomic E-state index is 13.2. The number of methoxy groups -OCH3 is 1. The number of thiophene rings is 1. The van der Waals surface area contributed by atoms with Crippen LogP contribution in [0.5, 0.6) is 0 Å². The Bertz CT molecular complexity index is 1380. The van der Waals surface area contributed by atoms with E-state index < -0.39 is 25.8 Å². The molecule has 12 heteroatoms. The van der Waals surface area contributed by atoms with Gasteiger partial charge < -0.3 is 4.74 Å². The summed E-state index contributed by atoms with van der Waals surface area (Å²) >= 11 is 10.4. The third kappa shape index (κ3) is 5.29. The van der Waals surface area contributed by atoms with E-state index in [2.05, 4.69) is 25.4 Å². The van der Waals surface area contributed by atoms with Gasteiger partial charge in [0.2, 0.25) is 0 Å². The molecule has 0 amide bonds. The standard InChI is InChI=1S/C19H15BrClNO6S3/c1-28-19(23)11-3-6-14(20)17(9-11)31(26,27)22-15-10-12(30(2,24)25)4-5-13(15)16-7-8-18(21)29-16/h3-10,22H,1-2H3. The second kappa shape index (κ2) is 8.91. The number of hydrogen-bond acceptors (Lipinski definition) is 7. The van der Waals surface area contributed by atoms with Gasteiger partial charge in [-0.15, -0.1) is 11.3 Å². The molecule has 0 spiro atoms. The molecular weight excluding hydrogens is 550 g/mol. The molecule has 7 nitrogen and oxygen atoms in total. The van der Waals surface area contributed by atoms with Crippen molar-refractivity contribution in [2.75, 3.05) is 18.1 Å². The van der Waals surface area contributed by atoms with Gasteiger partial charge in [0, 0.05) is 21.2 Å². The lowest BCUT2D eigenvalue weighted by Gasteiger charge is -2.15. The lowest BCUT2D eigenvalue weighted by atomic mass is 10.1. The minimum Gasteiger partial charge on any atom is -0.465 e. The number of anilines is 1. The molecule has 0 aliphatic rings. The number of sulfonamides is 1. The molecule has 31 heavy (non-hydrogen) atoms. The number of rotatable bonds is 6. The van der Waals surface area contributed by atoms with Crippen LogP contribution in [-0.2, 0) is 24.6 Å². The van der Waals surface area contributed by atoms with Crippen molar-refractivity contribution in [3.05, 3.63) is 62.9 Å². The second-order valence-electron chi connectivity index (χ2n) is 6.33. The van der Waals surface area contributed by atoms with Gasteiger partial charge in [0.25, 0.3) is 10.0 Å². The van der Waals surface area contributed by atoms with Crippen LogP contribution in [0.15, 0.2) is 62.8 Å². The SMILES string of the molecule is COC(=O)c1ccc(Br)c(S(=O)(=O)Nc2cc(S(C)(=O)=O)ccc2-c2ccc(Cl)s2)c1. The first-order chi connectivity index (χ1) is 14.4. The van der Waals surface area contributed by atoms with E-state index in [1.54, 1.807) is 12.1 Å². The molecule has 0 radical (unpaired) electrons. The van der Waals surface area contributed by atoms with E-state index in [9.17, 15) is 21.6 Å². The third-order valence-corrected chi connectivity index (χ3v) is 8.88. The van der Waals surface area contributed by atoms with Gasteiger partial charge >= 0.3 is 5.97 Å². The Labute approximate surface area is 197 Å². The topological polar surface area (TPSA) is 107 Å². The monoisotopic (exact) mass is 563 g/mol. The van der Waals surface area contributed by atoms with Gasteiger partial charge in [0.05, 0.1) is 27.6 Å². The Morgan fingerprint density at radius 3 is 2.35 bits per heavy atom. The highest BCUT2D eigenvalue weighted by Crippen LogP contribution is 2.38. The lowest BCUT2D eigenvalue weighted by Crippen LogP contribution is -2.16. The van der Waals surface area contributed by atoms with Crippen molar-refractivity contribution in [3.63, 3.8) is 0 Å². The molecule has 0 saturated carbocycles. The maximum absolute atomic E-state index is 13.2. The first-order valence-corrected chi connectivity index (χ1v) is 13.8. The number of hydrogen-bond donors (Lipinski definition) is 1. The van der Waals surface area contributed by atoms with Gasteiger partial charge in [-0.25, -0.2) is 21.6 Å². The molecule has 1 N–H and O–H groups in total. The zero-order valence-electron chi connectivity index (χ0n) is 16.0. The van der Waals surface area contributed by atoms with Gasteiger partial charge in [-0.05, 0) is 58.4 Å². The number of nitrogens with one attached hydrogen (secondary N) is 1. The molecular formula is C19H15BrClNO6S3. The van der Waals surface area contributed by atoms with E-state index in [0.29, 0.717) is 14.8 Å². The first kappa shape index (κ1) is 23.7. The molecule has 164 valence electrons. The van der Waals surface area contributed by atoms with Gasteiger partial charge in [-0.3, -0.25) is 4.72 Å². The number of carbonyl (C=O) groups is 1. The number of sulfone groups is 1. The fourth-order valence-electron chi connectivity index (χ4n) is 2.67. The summed E-state index contributed by atoms with van der Waals surface area (Å²) in [7, 11) is -6.63. The average molecular weight is 565 g/mol. The number of ether oxygens (including phenoxy) is 1. The molecule has 2 aromatic carbocycles. The number of benzene rings is 2. The van der Waals surface area contributed by atoms with E-state index in [1.165, 1.54) is 54.8 Å². The highest BCUT2D eigenvalue weighted by Gasteiger charge is 2.23. The van der Waals surface area contributed by atoms with E-state index in [-0.39, 0.29) is 25.5 Å². The summed E-state index contributed by atoms with van der Waals surface area (Å²) < 4.78 is 58.2. The van der Waals surface area contributed by atoms with Gasteiger partial charge in [-0.1, -0.05) is 17.7 Å². The van der Waals surface area contributed by atoms with Crippen LogP contribution in [0.25, 0.3) is 10.4 Å². The summed E-state index contributed by atoms with van der Waals surface area (Å²) in [5.41, 5.74) is 0.547. The highest BCUT2D eigenvalue weighted by molar-refractivity contribution is 9.10. The van der Waals surface area contributed by atoms with Crippen molar-refractivity contribution in [2.45, 2.75) is 9.79 Å². The molecule has 0 unspecified atom stereocenters. The van der Waals surface area contributed by atoms with Crippen LogP contribution in [0.4, 0.5) is 5.69 Å². The predicted octanol–water partition coefficient (Wildman–Crippen LogP) is 4.82. The van der Waals surface area contributed by atoms with Crippen LogP contribution in [0, 0.1) is 0 Å². The average Bonchev–Trinajstić information content (AvgIpc) is 3.12. The molecule has 3 rings (SSSR count). The van der Waals surface area contributed by atoms with Crippen molar-refractivity contribution in [1.82, 2.24) is 0 Å². The van der Waals surface area contributed by atoms with Crippen LogP contribution >= 0.6 is 38.9 Å². The summed E-state index contributed by atoms with van der Waals surface area (Å²) in [5.74, 6) is -0.697. The van der Waals surface area contributed by atoms with Crippen molar-refractivity contribution >= 4 is 70.4 Å². The fraction of sp³-hybridized carbons (Fsp3) is 0.105. The second-order valence-corrected chi connectivity index (χ2v) is 12.6. The number of carbonyl (C=O) groups excluding carboxylic acids is 1.